The Balaban J connectivity index is 1.72. The third-order valence-corrected chi connectivity index (χ3v) is 3.54. The molecule has 3 aromatic rings. The van der Waals surface area contributed by atoms with E-state index in [0.717, 1.165) is 29.6 Å². The number of aromatic nitrogens is 4. The first-order chi connectivity index (χ1) is 11.2. The smallest absolute Gasteiger partial charge is 0.245 e. The largest absolute Gasteiger partial charge is 0.496 e. The maximum Gasteiger partial charge on any atom is 0.245 e. The summed E-state index contributed by atoms with van der Waals surface area (Å²) < 4.78 is 7.21. The van der Waals surface area contributed by atoms with Crippen molar-refractivity contribution in [1.29, 1.82) is 0 Å². The topological polar surface area (TPSA) is 74.0 Å². The second kappa shape index (κ2) is 6.51. The van der Waals surface area contributed by atoms with Gasteiger partial charge in [0.1, 0.15) is 12.3 Å². The van der Waals surface area contributed by atoms with Gasteiger partial charge in [0.05, 0.1) is 25.4 Å². The molecule has 7 nitrogen and oxygen atoms in total. The number of ether oxygens (including phenoxy) is 1. The molecule has 7 heteroatoms. The molecular formula is C16H19N5O2. The number of amides is 1. The number of aryl methyl sites for hydroxylation is 1. The number of benzene rings is 1. The lowest BCUT2D eigenvalue weighted by atomic mass is 10.2. The predicted octanol–water partition coefficient (Wildman–Crippen LogP) is 2.29. The SMILES string of the molecule is CCCn1ncc(NC(=O)Cn2ccc3c(OC)cccc32)n1. The Labute approximate surface area is 133 Å². The first-order valence-electron chi connectivity index (χ1n) is 7.53. The molecule has 0 bridgehead atoms. The molecule has 0 aliphatic rings. The summed E-state index contributed by atoms with van der Waals surface area (Å²) in [5, 5.41) is 12.0. The van der Waals surface area contributed by atoms with Crippen molar-refractivity contribution in [3.8, 4) is 5.75 Å². The standard InChI is InChI=1S/C16H19N5O2/c1-3-8-21-17-10-15(19-21)18-16(22)11-20-9-7-12-13(20)5-4-6-14(12)23-2/h4-7,9-10H,3,8,11H2,1-2H3,(H,18,19,22). The molecule has 1 aromatic carbocycles. The number of rotatable bonds is 6. The van der Waals surface area contributed by atoms with Gasteiger partial charge in [-0.3, -0.25) is 4.79 Å². The number of hydrogen-bond acceptors (Lipinski definition) is 4. The van der Waals surface area contributed by atoms with Gasteiger partial charge in [0, 0.05) is 11.6 Å². The van der Waals surface area contributed by atoms with Crippen LogP contribution in [0.15, 0.2) is 36.7 Å². The Bertz CT molecular complexity index is 821. The number of fused-ring (bicyclic) bond motifs is 1. The summed E-state index contributed by atoms with van der Waals surface area (Å²) in [5.74, 6) is 1.12. The van der Waals surface area contributed by atoms with Gasteiger partial charge in [-0.25, -0.2) is 0 Å². The highest BCUT2D eigenvalue weighted by molar-refractivity contribution is 5.92. The van der Waals surface area contributed by atoms with E-state index in [4.69, 9.17) is 4.74 Å². The van der Waals surface area contributed by atoms with Crippen molar-refractivity contribution in [3.63, 3.8) is 0 Å². The number of nitrogens with one attached hydrogen (secondary N) is 1. The molecule has 0 aliphatic carbocycles. The van der Waals surface area contributed by atoms with Crippen LogP contribution in [0.2, 0.25) is 0 Å². The summed E-state index contributed by atoms with van der Waals surface area (Å²) in [6.45, 7) is 2.99. The van der Waals surface area contributed by atoms with Crippen LogP contribution in [0.1, 0.15) is 13.3 Å². The highest BCUT2D eigenvalue weighted by atomic mass is 16.5. The lowest BCUT2D eigenvalue weighted by molar-refractivity contribution is -0.116. The van der Waals surface area contributed by atoms with E-state index in [1.165, 1.54) is 0 Å². The molecule has 0 fully saturated rings. The molecule has 2 heterocycles. The average molecular weight is 313 g/mol. The Morgan fingerprint density at radius 1 is 1.35 bits per heavy atom. The first-order valence-corrected chi connectivity index (χ1v) is 7.53. The fourth-order valence-electron chi connectivity index (χ4n) is 2.51. The minimum absolute atomic E-state index is 0.145. The van der Waals surface area contributed by atoms with Gasteiger partial charge < -0.3 is 14.6 Å². The average Bonchev–Trinajstić information content (AvgIpc) is 3.15. The van der Waals surface area contributed by atoms with Gasteiger partial charge in [0.15, 0.2) is 5.82 Å². The fourth-order valence-corrected chi connectivity index (χ4v) is 2.51. The summed E-state index contributed by atoms with van der Waals surface area (Å²) in [6, 6.07) is 7.71. The molecule has 2 aromatic heterocycles. The summed E-state index contributed by atoms with van der Waals surface area (Å²) in [6.07, 6.45) is 4.38. The van der Waals surface area contributed by atoms with E-state index in [0.29, 0.717) is 5.82 Å². The highest BCUT2D eigenvalue weighted by Crippen LogP contribution is 2.26. The molecule has 0 aliphatic heterocycles. The van der Waals surface area contributed by atoms with Crippen LogP contribution in [0.4, 0.5) is 5.82 Å². The minimum Gasteiger partial charge on any atom is -0.496 e. The van der Waals surface area contributed by atoms with Crippen LogP contribution in [0.25, 0.3) is 10.9 Å². The van der Waals surface area contributed by atoms with E-state index in [-0.39, 0.29) is 12.5 Å². The van der Waals surface area contributed by atoms with Crippen molar-refractivity contribution in [2.75, 3.05) is 12.4 Å². The first kappa shape index (κ1) is 15.1. The van der Waals surface area contributed by atoms with Gasteiger partial charge >= 0.3 is 0 Å². The molecule has 0 radical (unpaired) electrons. The Hall–Kier alpha value is -2.83. The van der Waals surface area contributed by atoms with Crippen molar-refractivity contribution in [1.82, 2.24) is 19.6 Å². The van der Waals surface area contributed by atoms with Crippen LogP contribution >= 0.6 is 0 Å². The van der Waals surface area contributed by atoms with Gasteiger partial charge in [-0.2, -0.15) is 9.90 Å². The zero-order chi connectivity index (χ0) is 16.2. The number of carbonyl (C=O) groups is 1. The summed E-state index contributed by atoms with van der Waals surface area (Å²) in [4.78, 5) is 13.8. The van der Waals surface area contributed by atoms with Gasteiger partial charge in [-0.05, 0) is 24.6 Å². The molecule has 23 heavy (non-hydrogen) atoms. The summed E-state index contributed by atoms with van der Waals surface area (Å²) >= 11 is 0. The van der Waals surface area contributed by atoms with E-state index in [9.17, 15) is 4.79 Å². The van der Waals surface area contributed by atoms with Crippen LogP contribution in [0.5, 0.6) is 5.75 Å². The van der Waals surface area contributed by atoms with Gasteiger partial charge in [-0.15, -0.1) is 5.10 Å². The zero-order valence-corrected chi connectivity index (χ0v) is 13.2. The second-order valence-corrected chi connectivity index (χ2v) is 5.21. The molecule has 0 saturated heterocycles. The van der Waals surface area contributed by atoms with Crippen molar-refractivity contribution in [3.05, 3.63) is 36.7 Å². The van der Waals surface area contributed by atoms with Gasteiger partial charge in [0.25, 0.3) is 0 Å². The molecule has 3 rings (SSSR count). The Kier molecular flexibility index (Phi) is 4.27. The number of hydrogen-bond donors (Lipinski definition) is 1. The van der Waals surface area contributed by atoms with Crippen LogP contribution in [-0.4, -0.2) is 32.6 Å². The van der Waals surface area contributed by atoms with E-state index in [2.05, 4.69) is 15.5 Å². The zero-order valence-electron chi connectivity index (χ0n) is 13.2. The highest BCUT2D eigenvalue weighted by Gasteiger charge is 2.10. The predicted molar refractivity (Wildman–Crippen MR) is 87.4 cm³/mol. The number of methoxy groups -OCH3 is 1. The molecule has 1 amide bonds. The summed E-state index contributed by atoms with van der Waals surface area (Å²) in [7, 11) is 1.64. The maximum atomic E-state index is 12.2. The molecule has 0 saturated carbocycles. The summed E-state index contributed by atoms with van der Waals surface area (Å²) in [5.41, 5.74) is 0.953. The minimum atomic E-state index is -0.145. The molecule has 1 N–H and O–H groups in total. The van der Waals surface area contributed by atoms with Gasteiger partial charge in [-0.1, -0.05) is 13.0 Å². The van der Waals surface area contributed by atoms with Crippen molar-refractivity contribution in [2.24, 2.45) is 0 Å². The monoisotopic (exact) mass is 313 g/mol. The van der Waals surface area contributed by atoms with Crippen molar-refractivity contribution >= 4 is 22.6 Å². The second-order valence-electron chi connectivity index (χ2n) is 5.21. The quantitative estimate of drug-likeness (QED) is 0.757. The van der Waals surface area contributed by atoms with Gasteiger partial charge in [0.2, 0.25) is 5.91 Å². The Morgan fingerprint density at radius 2 is 2.22 bits per heavy atom. The van der Waals surface area contributed by atoms with E-state index < -0.39 is 0 Å². The number of nitrogens with zero attached hydrogens (tertiary/aromatic N) is 4. The maximum absolute atomic E-state index is 12.2. The van der Waals surface area contributed by atoms with E-state index in [1.54, 1.807) is 18.1 Å². The third kappa shape index (κ3) is 3.18. The molecule has 0 atom stereocenters. The van der Waals surface area contributed by atoms with Crippen LogP contribution in [0.3, 0.4) is 0 Å². The van der Waals surface area contributed by atoms with Crippen LogP contribution in [0, 0.1) is 0 Å². The lowest BCUT2D eigenvalue weighted by Crippen LogP contribution is -2.18. The fraction of sp³-hybridized carbons (Fsp3) is 0.312. The molecule has 120 valence electrons. The number of carbonyl (C=O) groups excluding carboxylic acids is 1. The third-order valence-electron chi connectivity index (χ3n) is 3.54. The van der Waals surface area contributed by atoms with Crippen molar-refractivity contribution < 1.29 is 9.53 Å². The van der Waals surface area contributed by atoms with Crippen LogP contribution < -0.4 is 10.1 Å². The number of anilines is 1. The van der Waals surface area contributed by atoms with Crippen LogP contribution in [-0.2, 0) is 17.9 Å². The Morgan fingerprint density at radius 3 is 3.00 bits per heavy atom. The molecular weight excluding hydrogens is 294 g/mol. The molecule has 0 unspecified atom stereocenters. The van der Waals surface area contributed by atoms with E-state index >= 15 is 0 Å². The lowest BCUT2D eigenvalue weighted by Gasteiger charge is -2.06. The van der Waals surface area contributed by atoms with Crippen molar-refractivity contribution in [2.45, 2.75) is 26.4 Å². The normalized spacial score (nSPS) is 10.9. The van der Waals surface area contributed by atoms with E-state index in [1.807, 2.05) is 42.0 Å². The molecule has 0 spiro atoms.